The van der Waals surface area contributed by atoms with Gasteiger partial charge in [0.25, 0.3) is 0 Å². The number of hydrogen-bond donors (Lipinski definition) is 3. The molecule has 6 nitrogen and oxygen atoms in total. The molecule has 0 amide bonds. The standard InChI is InChI=1S/C15H18N6/c1-9(2)7-19-12-4-5-17-14-13(12)10(8-20-14)11-3-6-18-15(16)21-11/h3-6,8-9H,7H2,1-2H3,(H2,16,18,21)(H2,17,19,20). The minimum Gasteiger partial charge on any atom is -0.384 e. The maximum atomic E-state index is 5.68. The van der Waals surface area contributed by atoms with Crippen LogP contribution in [0.15, 0.2) is 30.7 Å². The largest absolute Gasteiger partial charge is 0.384 e. The number of H-pyrrole nitrogens is 1. The zero-order valence-corrected chi connectivity index (χ0v) is 12.1. The number of hydrogen-bond acceptors (Lipinski definition) is 5. The van der Waals surface area contributed by atoms with E-state index in [9.17, 15) is 0 Å². The molecule has 0 saturated heterocycles. The van der Waals surface area contributed by atoms with Gasteiger partial charge >= 0.3 is 0 Å². The van der Waals surface area contributed by atoms with Crippen molar-refractivity contribution in [3.05, 3.63) is 30.7 Å². The van der Waals surface area contributed by atoms with E-state index in [1.54, 1.807) is 12.4 Å². The molecule has 0 bridgehead atoms. The van der Waals surface area contributed by atoms with Crippen LogP contribution >= 0.6 is 0 Å². The molecule has 4 N–H and O–H groups in total. The molecule has 0 fully saturated rings. The summed E-state index contributed by atoms with van der Waals surface area (Å²) in [6.45, 7) is 5.25. The summed E-state index contributed by atoms with van der Waals surface area (Å²) in [5.41, 5.74) is 9.31. The fourth-order valence-corrected chi connectivity index (χ4v) is 2.24. The molecule has 0 saturated carbocycles. The molecule has 0 aliphatic carbocycles. The number of aromatic amines is 1. The van der Waals surface area contributed by atoms with Crippen LogP contribution in [0.2, 0.25) is 0 Å². The summed E-state index contributed by atoms with van der Waals surface area (Å²) in [6, 6.07) is 3.82. The Bertz CT molecular complexity index is 762. The topological polar surface area (TPSA) is 92.5 Å². The molecule has 3 rings (SSSR count). The van der Waals surface area contributed by atoms with Gasteiger partial charge in [0.2, 0.25) is 5.95 Å². The highest BCUT2D eigenvalue weighted by Crippen LogP contribution is 2.32. The van der Waals surface area contributed by atoms with Gasteiger partial charge in [-0.05, 0) is 18.1 Å². The first-order chi connectivity index (χ1) is 10.1. The van der Waals surface area contributed by atoms with Crippen LogP contribution in [0, 0.1) is 5.92 Å². The van der Waals surface area contributed by atoms with Crippen molar-refractivity contribution >= 4 is 22.7 Å². The molecular weight excluding hydrogens is 264 g/mol. The van der Waals surface area contributed by atoms with Gasteiger partial charge in [-0.2, -0.15) is 0 Å². The van der Waals surface area contributed by atoms with Crippen LogP contribution in [0.4, 0.5) is 11.6 Å². The van der Waals surface area contributed by atoms with E-state index >= 15 is 0 Å². The molecule has 0 unspecified atom stereocenters. The van der Waals surface area contributed by atoms with E-state index in [2.05, 4.69) is 39.1 Å². The third kappa shape index (κ3) is 2.65. The Hall–Kier alpha value is -2.63. The van der Waals surface area contributed by atoms with Gasteiger partial charge in [0.15, 0.2) is 0 Å². The van der Waals surface area contributed by atoms with E-state index in [1.165, 1.54) is 0 Å². The zero-order chi connectivity index (χ0) is 14.8. The fraction of sp³-hybridized carbons (Fsp3) is 0.267. The van der Waals surface area contributed by atoms with Crippen molar-refractivity contribution in [3.63, 3.8) is 0 Å². The van der Waals surface area contributed by atoms with Crippen molar-refractivity contribution in [2.24, 2.45) is 5.92 Å². The van der Waals surface area contributed by atoms with Gasteiger partial charge < -0.3 is 16.0 Å². The SMILES string of the molecule is CC(C)CNc1ccnc2[nH]cc(-c3ccnc(N)n3)c12. The molecule has 3 aromatic heterocycles. The van der Waals surface area contributed by atoms with Gasteiger partial charge in [-0.25, -0.2) is 15.0 Å². The molecule has 108 valence electrons. The Morgan fingerprint density at radius 2 is 2.05 bits per heavy atom. The average molecular weight is 282 g/mol. The number of aromatic nitrogens is 4. The minimum atomic E-state index is 0.266. The smallest absolute Gasteiger partial charge is 0.220 e. The second kappa shape index (κ2) is 5.40. The molecule has 6 heteroatoms. The second-order valence-electron chi connectivity index (χ2n) is 5.36. The summed E-state index contributed by atoms with van der Waals surface area (Å²) in [5.74, 6) is 0.827. The first kappa shape index (κ1) is 13.4. The minimum absolute atomic E-state index is 0.266. The number of anilines is 2. The van der Waals surface area contributed by atoms with Crippen molar-refractivity contribution in [2.75, 3.05) is 17.6 Å². The van der Waals surface area contributed by atoms with Crippen molar-refractivity contribution < 1.29 is 0 Å². The molecule has 0 spiro atoms. The number of nitrogens with one attached hydrogen (secondary N) is 2. The van der Waals surface area contributed by atoms with Crippen LogP contribution in [0.3, 0.4) is 0 Å². The van der Waals surface area contributed by atoms with Crippen LogP contribution in [0.5, 0.6) is 0 Å². The fourth-order valence-electron chi connectivity index (χ4n) is 2.24. The maximum absolute atomic E-state index is 5.68. The van der Waals surface area contributed by atoms with Crippen molar-refractivity contribution in [1.29, 1.82) is 0 Å². The predicted molar refractivity (Wildman–Crippen MR) is 84.9 cm³/mol. The Morgan fingerprint density at radius 1 is 1.24 bits per heavy atom. The lowest BCUT2D eigenvalue weighted by Gasteiger charge is -2.11. The molecule has 0 atom stereocenters. The summed E-state index contributed by atoms with van der Waals surface area (Å²) in [7, 11) is 0. The van der Waals surface area contributed by atoms with E-state index in [4.69, 9.17) is 5.73 Å². The van der Waals surface area contributed by atoms with E-state index in [-0.39, 0.29) is 5.95 Å². The lowest BCUT2D eigenvalue weighted by Crippen LogP contribution is -2.08. The van der Waals surface area contributed by atoms with Gasteiger partial charge in [-0.15, -0.1) is 0 Å². The van der Waals surface area contributed by atoms with Gasteiger partial charge in [-0.3, -0.25) is 0 Å². The van der Waals surface area contributed by atoms with Crippen molar-refractivity contribution in [1.82, 2.24) is 19.9 Å². The summed E-state index contributed by atoms with van der Waals surface area (Å²) in [4.78, 5) is 15.8. The molecule has 3 heterocycles. The monoisotopic (exact) mass is 282 g/mol. The summed E-state index contributed by atoms with van der Waals surface area (Å²) < 4.78 is 0. The van der Waals surface area contributed by atoms with Gasteiger partial charge in [0, 0.05) is 36.4 Å². The molecular formula is C15H18N6. The number of pyridine rings is 1. The first-order valence-corrected chi connectivity index (χ1v) is 6.94. The van der Waals surface area contributed by atoms with E-state index in [1.807, 2.05) is 18.3 Å². The summed E-state index contributed by atoms with van der Waals surface area (Å²) in [6.07, 6.45) is 5.35. The predicted octanol–water partition coefficient (Wildman–Crippen LogP) is 2.67. The lowest BCUT2D eigenvalue weighted by atomic mass is 10.1. The molecule has 0 aromatic carbocycles. The quantitative estimate of drug-likeness (QED) is 0.684. The maximum Gasteiger partial charge on any atom is 0.220 e. The van der Waals surface area contributed by atoms with Crippen LogP contribution in [-0.2, 0) is 0 Å². The highest BCUT2D eigenvalue weighted by molar-refractivity contribution is 6.01. The Kier molecular flexibility index (Phi) is 3.43. The molecule has 3 aromatic rings. The molecule has 0 radical (unpaired) electrons. The number of nitrogens with zero attached hydrogens (tertiary/aromatic N) is 3. The Morgan fingerprint density at radius 3 is 2.81 bits per heavy atom. The molecule has 0 aliphatic rings. The van der Waals surface area contributed by atoms with Crippen LogP contribution in [0.25, 0.3) is 22.3 Å². The average Bonchev–Trinajstić information content (AvgIpc) is 2.89. The number of nitrogen functional groups attached to an aromatic ring is 1. The van der Waals surface area contributed by atoms with Crippen LogP contribution in [0.1, 0.15) is 13.8 Å². The van der Waals surface area contributed by atoms with E-state index < -0.39 is 0 Å². The third-order valence-corrected chi connectivity index (χ3v) is 3.22. The van der Waals surface area contributed by atoms with Crippen molar-refractivity contribution in [2.45, 2.75) is 13.8 Å². The van der Waals surface area contributed by atoms with Crippen molar-refractivity contribution in [3.8, 4) is 11.3 Å². The number of nitrogens with two attached hydrogens (primary N) is 1. The van der Waals surface area contributed by atoms with Gasteiger partial charge in [0.1, 0.15) is 5.65 Å². The highest BCUT2D eigenvalue weighted by Gasteiger charge is 2.13. The van der Waals surface area contributed by atoms with Crippen LogP contribution in [-0.4, -0.2) is 26.5 Å². The lowest BCUT2D eigenvalue weighted by molar-refractivity contribution is 0.689. The summed E-state index contributed by atoms with van der Waals surface area (Å²) in [5, 5.41) is 4.49. The Balaban J connectivity index is 2.11. The van der Waals surface area contributed by atoms with Crippen LogP contribution < -0.4 is 11.1 Å². The first-order valence-electron chi connectivity index (χ1n) is 6.94. The van der Waals surface area contributed by atoms with Gasteiger partial charge in [-0.1, -0.05) is 13.8 Å². The number of fused-ring (bicyclic) bond motifs is 1. The van der Waals surface area contributed by atoms with E-state index in [0.717, 1.165) is 34.5 Å². The molecule has 0 aliphatic heterocycles. The zero-order valence-electron chi connectivity index (χ0n) is 12.1. The number of rotatable bonds is 4. The normalized spacial score (nSPS) is 11.2. The Labute approximate surface area is 122 Å². The summed E-state index contributed by atoms with van der Waals surface area (Å²) >= 11 is 0. The third-order valence-electron chi connectivity index (χ3n) is 3.22. The molecule has 21 heavy (non-hydrogen) atoms. The van der Waals surface area contributed by atoms with Gasteiger partial charge in [0.05, 0.1) is 11.1 Å². The second-order valence-corrected chi connectivity index (χ2v) is 5.36. The van der Waals surface area contributed by atoms with E-state index in [0.29, 0.717) is 5.92 Å². The highest BCUT2D eigenvalue weighted by atomic mass is 15.0.